The molecule has 1 atom stereocenters. The maximum absolute atomic E-state index is 11.4. The van der Waals surface area contributed by atoms with Crippen molar-refractivity contribution in [1.82, 2.24) is 9.97 Å². The van der Waals surface area contributed by atoms with Crippen LogP contribution >= 0.6 is 11.6 Å². The third-order valence-corrected chi connectivity index (χ3v) is 3.07. The first-order valence-electron chi connectivity index (χ1n) is 5.70. The summed E-state index contributed by atoms with van der Waals surface area (Å²) in [6, 6.07) is 1.33. The molecule has 0 bridgehead atoms. The van der Waals surface area contributed by atoms with E-state index in [0.29, 0.717) is 16.8 Å². The van der Waals surface area contributed by atoms with Gasteiger partial charge in [0, 0.05) is 19.7 Å². The fraction of sp³-hybridized carbons (Fsp3) is 0.545. The van der Waals surface area contributed by atoms with Crippen molar-refractivity contribution in [1.29, 1.82) is 0 Å². The summed E-state index contributed by atoms with van der Waals surface area (Å²) in [5, 5.41) is 0.335. The maximum Gasteiger partial charge on any atom is 0.240 e. The van der Waals surface area contributed by atoms with Crippen LogP contribution in [0.5, 0.6) is 0 Å². The molecule has 0 spiro atoms. The number of amides is 1. The first-order valence-corrected chi connectivity index (χ1v) is 6.08. The zero-order valence-corrected chi connectivity index (χ0v) is 10.9. The Morgan fingerprint density at radius 1 is 1.67 bits per heavy atom. The van der Waals surface area contributed by atoms with Gasteiger partial charge < -0.3 is 15.4 Å². The molecule has 0 saturated carbocycles. The van der Waals surface area contributed by atoms with Gasteiger partial charge in [0.1, 0.15) is 23.6 Å². The monoisotopic (exact) mass is 270 g/mol. The molecule has 0 aliphatic carbocycles. The molecule has 7 heteroatoms. The highest BCUT2D eigenvalue weighted by Crippen LogP contribution is 2.25. The van der Waals surface area contributed by atoms with E-state index in [1.165, 1.54) is 0 Å². The second-order valence-electron chi connectivity index (χ2n) is 4.15. The molecule has 2 N–H and O–H groups in total. The molecule has 1 fully saturated rings. The molecule has 0 aromatic carbocycles. The minimum absolute atomic E-state index is 0.280. The Hall–Kier alpha value is -1.40. The number of primary amides is 1. The third-order valence-electron chi connectivity index (χ3n) is 2.88. The highest BCUT2D eigenvalue weighted by molar-refractivity contribution is 6.29. The Balaban J connectivity index is 2.29. The van der Waals surface area contributed by atoms with Crippen LogP contribution in [0.4, 0.5) is 5.82 Å². The summed E-state index contributed by atoms with van der Waals surface area (Å²) >= 11 is 5.94. The highest BCUT2D eigenvalue weighted by Gasteiger charge is 2.30. The Morgan fingerprint density at radius 3 is 3.11 bits per heavy atom. The van der Waals surface area contributed by atoms with Gasteiger partial charge in [0.05, 0.1) is 0 Å². The summed E-state index contributed by atoms with van der Waals surface area (Å²) in [5.74, 6) is 0.786. The first-order chi connectivity index (χ1) is 8.61. The van der Waals surface area contributed by atoms with E-state index in [4.69, 9.17) is 22.1 Å². The maximum atomic E-state index is 11.4. The number of methoxy groups -OCH3 is 1. The van der Waals surface area contributed by atoms with Crippen LogP contribution in [0.1, 0.15) is 18.7 Å². The largest absolute Gasteiger partial charge is 0.377 e. The third kappa shape index (κ3) is 2.70. The number of nitrogens with zero attached hydrogens (tertiary/aromatic N) is 3. The molecule has 1 aliphatic rings. The zero-order valence-electron chi connectivity index (χ0n) is 10.1. The molecule has 1 amide bonds. The predicted molar refractivity (Wildman–Crippen MR) is 67.3 cm³/mol. The molecule has 2 rings (SSSR count). The van der Waals surface area contributed by atoms with Crippen LogP contribution in [0.2, 0.25) is 5.15 Å². The van der Waals surface area contributed by atoms with Crippen LogP contribution in [0.15, 0.2) is 6.07 Å². The Bertz CT molecular complexity index is 455. The minimum Gasteiger partial charge on any atom is -0.377 e. The molecule has 2 heterocycles. The number of hydrogen-bond donors (Lipinski definition) is 1. The van der Waals surface area contributed by atoms with Gasteiger partial charge in [-0.25, -0.2) is 9.97 Å². The van der Waals surface area contributed by atoms with E-state index in [2.05, 4.69) is 9.97 Å². The number of anilines is 1. The van der Waals surface area contributed by atoms with Gasteiger partial charge in [0.2, 0.25) is 5.91 Å². The molecular formula is C11H15ClN4O2. The van der Waals surface area contributed by atoms with Crippen molar-refractivity contribution >= 4 is 23.3 Å². The summed E-state index contributed by atoms with van der Waals surface area (Å²) in [6.45, 7) is 1.02. The average molecular weight is 271 g/mol. The van der Waals surface area contributed by atoms with E-state index in [-0.39, 0.29) is 18.6 Å². The number of nitrogens with two attached hydrogens (primary N) is 1. The minimum atomic E-state index is -0.337. The van der Waals surface area contributed by atoms with Crippen LogP contribution in [-0.4, -0.2) is 35.6 Å². The number of halogens is 1. The van der Waals surface area contributed by atoms with Crippen LogP contribution < -0.4 is 10.6 Å². The van der Waals surface area contributed by atoms with Gasteiger partial charge in [0.25, 0.3) is 0 Å². The highest BCUT2D eigenvalue weighted by atomic mass is 35.5. The Labute approximate surface area is 110 Å². The molecule has 1 aromatic rings. The molecule has 98 valence electrons. The first kappa shape index (κ1) is 13.0. The van der Waals surface area contributed by atoms with Crippen LogP contribution in [-0.2, 0) is 16.1 Å². The molecule has 1 aromatic heterocycles. The van der Waals surface area contributed by atoms with Gasteiger partial charge in [0.15, 0.2) is 5.82 Å². The summed E-state index contributed by atoms with van der Waals surface area (Å²) in [7, 11) is 1.56. The van der Waals surface area contributed by atoms with Crippen LogP contribution in [0, 0.1) is 0 Å². The molecule has 0 radical (unpaired) electrons. The van der Waals surface area contributed by atoms with Gasteiger partial charge in [-0.1, -0.05) is 11.6 Å². The van der Waals surface area contributed by atoms with Crippen molar-refractivity contribution in [2.75, 3.05) is 18.6 Å². The SMILES string of the molecule is COCc1nc(Cl)cc(N2CCCC2C(N)=O)n1. The number of ether oxygens (including phenoxy) is 1. The van der Waals surface area contributed by atoms with Gasteiger partial charge in [-0.05, 0) is 12.8 Å². The van der Waals surface area contributed by atoms with E-state index in [1.54, 1.807) is 13.2 Å². The lowest BCUT2D eigenvalue weighted by molar-refractivity contribution is -0.119. The average Bonchev–Trinajstić information content (AvgIpc) is 2.77. The smallest absolute Gasteiger partial charge is 0.240 e. The normalized spacial score (nSPS) is 19.2. The molecule has 6 nitrogen and oxygen atoms in total. The second kappa shape index (κ2) is 5.49. The molecule has 1 unspecified atom stereocenters. The van der Waals surface area contributed by atoms with Crippen LogP contribution in [0.25, 0.3) is 0 Å². The van der Waals surface area contributed by atoms with E-state index in [0.717, 1.165) is 19.4 Å². The van der Waals surface area contributed by atoms with Crippen molar-refractivity contribution in [2.24, 2.45) is 5.73 Å². The lowest BCUT2D eigenvalue weighted by Crippen LogP contribution is -2.40. The summed E-state index contributed by atoms with van der Waals surface area (Å²) in [6.07, 6.45) is 1.66. The molecular weight excluding hydrogens is 256 g/mol. The van der Waals surface area contributed by atoms with Crippen molar-refractivity contribution in [2.45, 2.75) is 25.5 Å². The van der Waals surface area contributed by atoms with Gasteiger partial charge >= 0.3 is 0 Å². The zero-order chi connectivity index (χ0) is 13.1. The van der Waals surface area contributed by atoms with Crippen molar-refractivity contribution < 1.29 is 9.53 Å². The summed E-state index contributed by atoms with van der Waals surface area (Å²) in [5.41, 5.74) is 5.38. The number of carbonyl (C=O) groups is 1. The van der Waals surface area contributed by atoms with E-state index in [1.807, 2.05) is 4.90 Å². The topological polar surface area (TPSA) is 81.3 Å². The lowest BCUT2D eigenvalue weighted by Gasteiger charge is -2.23. The van der Waals surface area contributed by atoms with Gasteiger partial charge in [-0.15, -0.1) is 0 Å². The number of rotatable bonds is 4. The fourth-order valence-corrected chi connectivity index (χ4v) is 2.32. The summed E-state index contributed by atoms with van der Waals surface area (Å²) in [4.78, 5) is 21.6. The number of aromatic nitrogens is 2. The molecule has 1 aliphatic heterocycles. The van der Waals surface area contributed by atoms with Crippen molar-refractivity contribution in [3.05, 3.63) is 17.0 Å². The van der Waals surface area contributed by atoms with Gasteiger partial charge in [-0.2, -0.15) is 0 Å². The standard InChI is InChI=1S/C11H15ClN4O2/c1-18-6-9-14-8(12)5-10(15-9)16-4-2-3-7(16)11(13)17/h5,7H,2-4,6H2,1H3,(H2,13,17). The Kier molecular flexibility index (Phi) is 3.98. The molecule has 1 saturated heterocycles. The predicted octanol–water partition coefficient (Wildman–Crippen LogP) is 0.730. The van der Waals surface area contributed by atoms with Crippen molar-refractivity contribution in [3.63, 3.8) is 0 Å². The molecule has 18 heavy (non-hydrogen) atoms. The number of hydrogen-bond acceptors (Lipinski definition) is 5. The van der Waals surface area contributed by atoms with E-state index in [9.17, 15) is 4.79 Å². The van der Waals surface area contributed by atoms with Crippen molar-refractivity contribution in [3.8, 4) is 0 Å². The number of carbonyl (C=O) groups excluding carboxylic acids is 1. The van der Waals surface area contributed by atoms with E-state index < -0.39 is 0 Å². The quantitative estimate of drug-likeness (QED) is 0.816. The Morgan fingerprint density at radius 2 is 2.44 bits per heavy atom. The van der Waals surface area contributed by atoms with E-state index >= 15 is 0 Å². The lowest BCUT2D eigenvalue weighted by atomic mass is 10.2. The summed E-state index contributed by atoms with van der Waals surface area (Å²) < 4.78 is 4.98. The van der Waals surface area contributed by atoms with Crippen LogP contribution in [0.3, 0.4) is 0 Å². The van der Waals surface area contributed by atoms with Gasteiger partial charge in [-0.3, -0.25) is 4.79 Å². The fourth-order valence-electron chi connectivity index (χ4n) is 2.13. The second-order valence-corrected chi connectivity index (χ2v) is 4.54.